The molecule has 0 saturated heterocycles. The molecule has 2 nitrogen and oxygen atoms in total. The van der Waals surface area contributed by atoms with Gasteiger partial charge in [0.05, 0.1) is 10.0 Å². The van der Waals surface area contributed by atoms with E-state index in [1.807, 2.05) is 12.1 Å². The minimum atomic E-state index is 0.237. The molecule has 1 atom stereocenters. The van der Waals surface area contributed by atoms with E-state index >= 15 is 0 Å². The zero-order valence-electron chi connectivity index (χ0n) is 10.4. The number of likely N-dealkylation sites (N-methyl/N-ethyl adjacent to an activating group) is 1. The summed E-state index contributed by atoms with van der Waals surface area (Å²) in [5.74, 6) is 0.237. The quantitative estimate of drug-likeness (QED) is 0.862. The maximum absolute atomic E-state index is 6.23. The van der Waals surface area contributed by atoms with Crippen LogP contribution >= 0.6 is 23.2 Å². The molecule has 0 amide bonds. The van der Waals surface area contributed by atoms with Crippen molar-refractivity contribution in [2.45, 2.75) is 19.8 Å². The topological polar surface area (TPSA) is 29.3 Å². The Balaban J connectivity index is 2.89. The third kappa shape index (κ3) is 3.85. The maximum atomic E-state index is 6.23. The molecule has 0 radical (unpaired) electrons. The van der Waals surface area contributed by atoms with Crippen LogP contribution in [0, 0.1) is 0 Å². The van der Waals surface area contributed by atoms with Gasteiger partial charge >= 0.3 is 0 Å². The highest BCUT2D eigenvalue weighted by atomic mass is 35.5. The summed E-state index contributed by atoms with van der Waals surface area (Å²) >= 11 is 12.3. The van der Waals surface area contributed by atoms with E-state index in [1.165, 1.54) is 0 Å². The molecule has 1 unspecified atom stereocenters. The number of nitrogens with two attached hydrogens (primary N) is 1. The molecule has 1 aromatic rings. The van der Waals surface area contributed by atoms with Crippen LogP contribution in [0.2, 0.25) is 10.0 Å². The standard InChI is InChI=1S/C13H20Cl2N2/c1-3-17(4-2)9-10(8-16)11-6-5-7-12(14)13(11)15/h5-7,10H,3-4,8-9,16H2,1-2H3. The first-order valence-corrected chi connectivity index (χ1v) is 6.75. The van der Waals surface area contributed by atoms with Crippen LogP contribution < -0.4 is 5.73 Å². The van der Waals surface area contributed by atoms with Gasteiger partial charge in [-0.2, -0.15) is 0 Å². The third-order valence-electron chi connectivity index (χ3n) is 3.08. The summed E-state index contributed by atoms with van der Waals surface area (Å²) < 4.78 is 0. The Morgan fingerprint density at radius 3 is 2.41 bits per heavy atom. The van der Waals surface area contributed by atoms with Crippen molar-refractivity contribution in [3.05, 3.63) is 33.8 Å². The van der Waals surface area contributed by atoms with Gasteiger partial charge in [0.15, 0.2) is 0 Å². The monoisotopic (exact) mass is 274 g/mol. The largest absolute Gasteiger partial charge is 0.330 e. The molecule has 17 heavy (non-hydrogen) atoms. The molecule has 0 heterocycles. The van der Waals surface area contributed by atoms with Gasteiger partial charge in [-0.3, -0.25) is 0 Å². The predicted octanol–water partition coefficient (Wildman–Crippen LogP) is 3.38. The van der Waals surface area contributed by atoms with Crippen molar-refractivity contribution in [3.63, 3.8) is 0 Å². The van der Waals surface area contributed by atoms with Crippen molar-refractivity contribution in [3.8, 4) is 0 Å². The molecule has 0 saturated carbocycles. The summed E-state index contributed by atoms with van der Waals surface area (Å²) in [5.41, 5.74) is 6.90. The molecular formula is C13H20Cl2N2. The minimum absolute atomic E-state index is 0.237. The Morgan fingerprint density at radius 1 is 1.24 bits per heavy atom. The molecule has 0 fully saturated rings. The van der Waals surface area contributed by atoms with Crippen molar-refractivity contribution in [1.29, 1.82) is 0 Å². The van der Waals surface area contributed by atoms with Crippen LogP contribution in [-0.4, -0.2) is 31.1 Å². The van der Waals surface area contributed by atoms with Crippen LogP contribution in [0.25, 0.3) is 0 Å². The summed E-state index contributed by atoms with van der Waals surface area (Å²) in [6.45, 7) is 7.84. The van der Waals surface area contributed by atoms with Gasteiger partial charge in [0.2, 0.25) is 0 Å². The Kier molecular flexibility index (Phi) is 6.28. The van der Waals surface area contributed by atoms with E-state index < -0.39 is 0 Å². The van der Waals surface area contributed by atoms with E-state index in [0.29, 0.717) is 16.6 Å². The predicted molar refractivity (Wildman–Crippen MR) is 76.0 cm³/mol. The van der Waals surface area contributed by atoms with E-state index in [4.69, 9.17) is 28.9 Å². The van der Waals surface area contributed by atoms with Crippen LogP contribution in [-0.2, 0) is 0 Å². The number of halogens is 2. The molecule has 0 aliphatic carbocycles. The Morgan fingerprint density at radius 2 is 1.88 bits per heavy atom. The van der Waals surface area contributed by atoms with Gasteiger partial charge in [-0.15, -0.1) is 0 Å². The third-order valence-corrected chi connectivity index (χ3v) is 3.91. The highest BCUT2D eigenvalue weighted by Crippen LogP contribution is 2.30. The molecule has 1 aromatic carbocycles. The lowest BCUT2D eigenvalue weighted by Crippen LogP contribution is -2.31. The zero-order chi connectivity index (χ0) is 12.8. The summed E-state index contributed by atoms with van der Waals surface area (Å²) in [5, 5.41) is 1.24. The van der Waals surface area contributed by atoms with E-state index in [9.17, 15) is 0 Å². The van der Waals surface area contributed by atoms with Crippen molar-refractivity contribution < 1.29 is 0 Å². The van der Waals surface area contributed by atoms with E-state index in [-0.39, 0.29) is 5.92 Å². The van der Waals surface area contributed by atoms with Gasteiger partial charge in [0, 0.05) is 19.0 Å². The number of hydrogen-bond acceptors (Lipinski definition) is 2. The van der Waals surface area contributed by atoms with Crippen molar-refractivity contribution in [2.24, 2.45) is 5.73 Å². The highest BCUT2D eigenvalue weighted by Gasteiger charge is 2.17. The zero-order valence-corrected chi connectivity index (χ0v) is 11.9. The van der Waals surface area contributed by atoms with Crippen molar-refractivity contribution >= 4 is 23.2 Å². The van der Waals surface area contributed by atoms with Crippen LogP contribution in [0.5, 0.6) is 0 Å². The second kappa shape index (κ2) is 7.22. The average Bonchev–Trinajstić information content (AvgIpc) is 2.35. The lowest BCUT2D eigenvalue weighted by atomic mass is 9.98. The summed E-state index contributed by atoms with van der Waals surface area (Å²) in [6.07, 6.45) is 0. The number of benzene rings is 1. The fraction of sp³-hybridized carbons (Fsp3) is 0.538. The van der Waals surface area contributed by atoms with Crippen LogP contribution in [0.3, 0.4) is 0 Å². The second-order valence-electron chi connectivity index (χ2n) is 4.06. The summed E-state index contributed by atoms with van der Waals surface area (Å²) in [4.78, 5) is 2.34. The van der Waals surface area contributed by atoms with Crippen LogP contribution in [0.1, 0.15) is 25.3 Å². The van der Waals surface area contributed by atoms with E-state index in [1.54, 1.807) is 6.07 Å². The normalized spacial score (nSPS) is 13.1. The molecule has 0 aliphatic heterocycles. The van der Waals surface area contributed by atoms with Crippen molar-refractivity contribution in [1.82, 2.24) is 4.90 Å². The Labute approximate surface area is 114 Å². The van der Waals surface area contributed by atoms with Gasteiger partial charge < -0.3 is 10.6 Å². The molecular weight excluding hydrogens is 255 g/mol. The highest BCUT2D eigenvalue weighted by molar-refractivity contribution is 6.42. The molecule has 0 aliphatic rings. The molecule has 4 heteroatoms. The maximum Gasteiger partial charge on any atom is 0.0628 e. The van der Waals surface area contributed by atoms with Crippen LogP contribution in [0.15, 0.2) is 18.2 Å². The van der Waals surface area contributed by atoms with Gasteiger partial charge in [-0.05, 0) is 24.7 Å². The Bertz CT molecular complexity index is 351. The first kappa shape index (κ1) is 14.8. The van der Waals surface area contributed by atoms with E-state index in [2.05, 4.69) is 18.7 Å². The first-order valence-electron chi connectivity index (χ1n) is 6.00. The molecule has 2 N–H and O–H groups in total. The van der Waals surface area contributed by atoms with Gasteiger partial charge in [-0.25, -0.2) is 0 Å². The lowest BCUT2D eigenvalue weighted by Gasteiger charge is -2.25. The van der Waals surface area contributed by atoms with Gasteiger partial charge in [0.25, 0.3) is 0 Å². The SMILES string of the molecule is CCN(CC)CC(CN)c1cccc(Cl)c1Cl. The Hall–Kier alpha value is -0.280. The van der Waals surface area contributed by atoms with E-state index in [0.717, 1.165) is 25.2 Å². The molecule has 1 rings (SSSR count). The van der Waals surface area contributed by atoms with Crippen LogP contribution in [0.4, 0.5) is 0 Å². The van der Waals surface area contributed by atoms with Gasteiger partial charge in [-0.1, -0.05) is 49.2 Å². The molecule has 0 bridgehead atoms. The first-order chi connectivity index (χ1) is 8.13. The summed E-state index contributed by atoms with van der Waals surface area (Å²) in [6, 6.07) is 5.74. The average molecular weight is 275 g/mol. The smallest absolute Gasteiger partial charge is 0.0628 e. The molecule has 0 spiro atoms. The second-order valence-corrected chi connectivity index (χ2v) is 4.85. The van der Waals surface area contributed by atoms with Gasteiger partial charge in [0.1, 0.15) is 0 Å². The fourth-order valence-corrected chi connectivity index (χ4v) is 2.39. The number of hydrogen-bond donors (Lipinski definition) is 1. The summed E-state index contributed by atoms with van der Waals surface area (Å²) in [7, 11) is 0. The fourth-order valence-electron chi connectivity index (χ4n) is 1.93. The number of rotatable bonds is 6. The van der Waals surface area contributed by atoms with Crippen molar-refractivity contribution in [2.75, 3.05) is 26.2 Å². The lowest BCUT2D eigenvalue weighted by molar-refractivity contribution is 0.284. The minimum Gasteiger partial charge on any atom is -0.330 e. The molecule has 0 aromatic heterocycles. The number of nitrogens with zero attached hydrogens (tertiary/aromatic N) is 1. The molecule has 96 valence electrons.